The zero-order chi connectivity index (χ0) is 9.84. The highest BCUT2D eigenvalue weighted by molar-refractivity contribution is 5.95. The van der Waals surface area contributed by atoms with Crippen molar-refractivity contribution < 1.29 is 9.53 Å². The third-order valence-corrected chi connectivity index (χ3v) is 1.90. The van der Waals surface area contributed by atoms with Gasteiger partial charge < -0.3 is 4.74 Å². The van der Waals surface area contributed by atoms with E-state index >= 15 is 0 Å². The molecule has 0 radical (unpaired) electrons. The first-order valence-corrected chi connectivity index (χ1v) is 4.39. The van der Waals surface area contributed by atoms with Gasteiger partial charge in [0, 0.05) is 5.56 Å². The molecule has 0 saturated carbocycles. The van der Waals surface area contributed by atoms with Gasteiger partial charge in [0.05, 0.1) is 6.61 Å². The van der Waals surface area contributed by atoms with Crippen LogP contribution in [0, 0.1) is 6.92 Å². The Hall–Kier alpha value is -1.31. The van der Waals surface area contributed by atoms with Crippen LogP contribution in [0.4, 0.5) is 0 Å². The number of aryl methyl sites for hydroxylation is 1. The standard InChI is InChI=1S/C11H14O2/c1-4-13-10-6-5-8(2)11(7-10)9(3)12/h5-7H,4H2,1-3H3. The van der Waals surface area contributed by atoms with Crippen LogP contribution in [0.5, 0.6) is 5.75 Å². The van der Waals surface area contributed by atoms with E-state index in [9.17, 15) is 4.79 Å². The molecule has 1 rings (SSSR count). The third kappa shape index (κ3) is 2.31. The van der Waals surface area contributed by atoms with Gasteiger partial charge in [-0.1, -0.05) is 6.07 Å². The van der Waals surface area contributed by atoms with Gasteiger partial charge in [-0.25, -0.2) is 0 Å². The molecule has 70 valence electrons. The summed E-state index contributed by atoms with van der Waals surface area (Å²) in [5.74, 6) is 0.845. The number of benzene rings is 1. The van der Waals surface area contributed by atoms with Crippen molar-refractivity contribution in [1.29, 1.82) is 0 Å². The number of rotatable bonds is 3. The van der Waals surface area contributed by atoms with Crippen LogP contribution in [-0.2, 0) is 0 Å². The summed E-state index contributed by atoms with van der Waals surface area (Å²) in [7, 11) is 0. The molecule has 0 bridgehead atoms. The molecule has 2 heteroatoms. The summed E-state index contributed by atoms with van der Waals surface area (Å²) < 4.78 is 5.30. The Morgan fingerprint density at radius 3 is 2.69 bits per heavy atom. The van der Waals surface area contributed by atoms with Crippen LogP contribution in [0.15, 0.2) is 18.2 Å². The summed E-state index contributed by atoms with van der Waals surface area (Å²) in [5.41, 5.74) is 1.74. The van der Waals surface area contributed by atoms with E-state index in [0.29, 0.717) is 6.61 Å². The Labute approximate surface area is 78.5 Å². The van der Waals surface area contributed by atoms with E-state index in [1.165, 1.54) is 0 Å². The van der Waals surface area contributed by atoms with Crippen LogP contribution in [0.25, 0.3) is 0 Å². The van der Waals surface area contributed by atoms with Crippen molar-refractivity contribution >= 4 is 5.78 Å². The van der Waals surface area contributed by atoms with E-state index in [-0.39, 0.29) is 5.78 Å². The van der Waals surface area contributed by atoms with Crippen LogP contribution < -0.4 is 4.74 Å². The fourth-order valence-electron chi connectivity index (χ4n) is 1.24. The number of hydrogen-bond donors (Lipinski definition) is 0. The molecule has 0 aliphatic rings. The predicted molar refractivity (Wildman–Crippen MR) is 52.4 cm³/mol. The van der Waals surface area contributed by atoms with Gasteiger partial charge in [0.25, 0.3) is 0 Å². The number of ketones is 1. The normalized spacial score (nSPS) is 9.77. The second-order valence-corrected chi connectivity index (χ2v) is 2.97. The van der Waals surface area contributed by atoms with Crippen LogP contribution in [0.3, 0.4) is 0 Å². The molecule has 0 N–H and O–H groups in total. The number of ether oxygens (including phenoxy) is 1. The summed E-state index contributed by atoms with van der Waals surface area (Å²) in [6.07, 6.45) is 0. The maximum absolute atomic E-state index is 11.2. The average Bonchev–Trinajstić information content (AvgIpc) is 2.08. The van der Waals surface area contributed by atoms with E-state index in [1.807, 2.05) is 26.0 Å². The lowest BCUT2D eigenvalue weighted by Gasteiger charge is -2.06. The van der Waals surface area contributed by atoms with Crippen LogP contribution in [0.1, 0.15) is 29.8 Å². The molecule has 1 aromatic rings. The Morgan fingerprint density at radius 2 is 2.15 bits per heavy atom. The first-order valence-electron chi connectivity index (χ1n) is 4.39. The number of hydrogen-bond acceptors (Lipinski definition) is 2. The largest absolute Gasteiger partial charge is 0.494 e. The first-order chi connectivity index (χ1) is 6.15. The molecule has 0 fully saturated rings. The van der Waals surface area contributed by atoms with Gasteiger partial charge in [0.15, 0.2) is 5.78 Å². The van der Waals surface area contributed by atoms with Crippen molar-refractivity contribution in [1.82, 2.24) is 0 Å². The van der Waals surface area contributed by atoms with Gasteiger partial charge in [-0.05, 0) is 38.5 Å². The minimum atomic E-state index is 0.0825. The Morgan fingerprint density at radius 1 is 1.46 bits per heavy atom. The molecular formula is C11H14O2. The van der Waals surface area contributed by atoms with E-state index in [0.717, 1.165) is 16.9 Å². The second-order valence-electron chi connectivity index (χ2n) is 2.97. The summed E-state index contributed by atoms with van der Waals surface area (Å²) in [5, 5.41) is 0. The van der Waals surface area contributed by atoms with E-state index in [2.05, 4.69) is 0 Å². The fraction of sp³-hybridized carbons (Fsp3) is 0.364. The topological polar surface area (TPSA) is 26.3 Å². The quantitative estimate of drug-likeness (QED) is 0.665. The van der Waals surface area contributed by atoms with E-state index in [1.54, 1.807) is 13.0 Å². The van der Waals surface area contributed by atoms with Gasteiger partial charge >= 0.3 is 0 Å². The SMILES string of the molecule is CCOc1ccc(C)c(C(C)=O)c1. The molecule has 0 saturated heterocycles. The highest BCUT2D eigenvalue weighted by atomic mass is 16.5. The van der Waals surface area contributed by atoms with Crippen LogP contribution in [0.2, 0.25) is 0 Å². The van der Waals surface area contributed by atoms with E-state index in [4.69, 9.17) is 4.74 Å². The molecule has 0 amide bonds. The van der Waals surface area contributed by atoms with Gasteiger partial charge in [-0.2, -0.15) is 0 Å². The van der Waals surface area contributed by atoms with Crippen molar-refractivity contribution in [2.75, 3.05) is 6.61 Å². The molecule has 0 aliphatic carbocycles. The summed E-state index contributed by atoms with van der Waals surface area (Å²) >= 11 is 0. The van der Waals surface area contributed by atoms with Crippen molar-refractivity contribution in [3.05, 3.63) is 29.3 Å². The summed E-state index contributed by atoms with van der Waals surface area (Å²) in [6, 6.07) is 5.58. The molecule has 0 aromatic heterocycles. The third-order valence-electron chi connectivity index (χ3n) is 1.90. The molecular weight excluding hydrogens is 164 g/mol. The van der Waals surface area contributed by atoms with Gasteiger partial charge in [0.2, 0.25) is 0 Å². The summed E-state index contributed by atoms with van der Waals surface area (Å²) in [4.78, 5) is 11.2. The predicted octanol–water partition coefficient (Wildman–Crippen LogP) is 2.60. The highest BCUT2D eigenvalue weighted by Crippen LogP contribution is 2.17. The van der Waals surface area contributed by atoms with E-state index < -0.39 is 0 Å². The minimum absolute atomic E-state index is 0.0825. The van der Waals surface area contributed by atoms with Crippen molar-refractivity contribution in [2.24, 2.45) is 0 Å². The molecule has 0 aliphatic heterocycles. The average molecular weight is 178 g/mol. The Kier molecular flexibility index (Phi) is 3.07. The molecule has 0 unspecified atom stereocenters. The maximum atomic E-state index is 11.2. The lowest BCUT2D eigenvalue weighted by atomic mass is 10.1. The number of carbonyl (C=O) groups is 1. The van der Waals surface area contributed by atoms with Crippen LogP contribution >= 0.6 is 0 Å². The number of carbonyl (C=O) groups excluding carboxylic acids is 1. The molecule has 1 aromatic carbocycles. The fourth-order valence-corrected chi connectivity index (χ4v) is 1.24. The van der Waals surface area contributed by atoms with Crippen molar-refractivity contribution in [3.8, 4) is 5.75 Å². The summed E-state index contributed by atoms with van der Waals surface area (Å²) in [6.45, 7) is 6.04. The van der Waals surface area contributed by atoms with Gasteiger partial charge in [-0.3, -0.25) is 4.79 Å². The zero-order valence-corrected chi connectivity index (χ0v) is 8.26. The highest BCUT2D eigenvalue weighted by Gasteiger charge is 2.04. The smallest absolute Gasteiger partial charge is 0.160 e. The number of Topliss-reactive ketones (excluding diaryl/α,β-unsaturated/α-hetero) is 1. The molecule has 13 heavy (non-hydrogen) atoms. The molecule has 0 heterocycles. The molecule has 2 nitrogen and oxygen atoms in total. The van der Waals surface area contributed by atoms with Gasteiger partial charge in [-0.15, -0.1) is 0 Å². The van der Waals surface area contributed by atoms with Gasteiger partial charge in [0.1, 0.15) is 5.75 Å². The minimum Gasteiger partial charge on any atom is -0.494 e. The zero-order valence-electron chi connectivity index (χ0n) is 8.26. The second kappa shape index (κ2) is 4.08. The lowest BCUT2D eigenvalue weighted by Crippen LogP contribution is -1.98. The van der Waals surface area contributed by atoms with Crippen molar-refractivity contribution in [3.63, 3.8) is 0 Å². The first kappa shape index (κ1) is 9.78. The Balaban J connectivity index is 3.04. The monoisotopic (exact) mass is 178 g/mol. The lowest BCUT2D eigenvalue weighted by molar-refractivity contribution is 0.101. The van der Waals surface area contributed by atoms with Crippen molar-refractivity contribution in [2.45, 2.75) is 20.8 Å². The van der Waals surface area contributed by atoms with Crippen LogP contribution in [-0.4, -0.2) is 12.4 Å². The maximum Gasteiger partial charge on any atom is 0.160 e. The molecule has 0 atom stereocenters. The molecule has 0 spiro atoms. The Bertz CT molecular complexity index is 316.